The van der Waals surface area contributed by atoms with Gasteiger partial charge in [-0.1, -0.05) is 5.16 Å². The van der Waals surface area contributed by atoms with Crippen molar-refractivity contribution in [2.75, 3.05) is 5.73 Å². The molecule has 1 aliphatic carbocycles. The molecule has 0 bridgehead atoms. The van der Waals surface area contributed by atoms with E-state index in [0.717, 1.165) is 38.9 Å². The van der Waals surface area contributed by atoms with Gasteiger partial charge in [0.05, 0.1) is 10.4 Å². The number of nitrogens with zero attached hydrogens (tertiary/aromatic N) is 1. The van der Waals surface area contributed by atoms with E-state index in [-0.39, 0.29) is 0 Å². The van der Waals surface area contributed by atoms with E-state index in [1.165, 1.54) is 12.8 Å². The Hall–Kier alpha value is -1.03. The van der Waals surface area contributed by atoms with Crippen LogP contribution in [0.3, 0.4) is 0 Å². The van der Waals surface area contributed by atoms with Gasteiger partial charge in [0.25, 0.3) is 0 Å². The van der Waals surface area contributed by atoms with Crippen LogP contribution in [0, 0.1) is 12.8 Å². The topological polar surface area (TPSA) is 52.0 Å². The highest BCUT2D eigenvalue weighted by atomic mass is 32.1. The van der Waals surface area contributed by atoms with E-state index >= 15 is 0 Å². The van der Waals surface area contributed by atoms with E-state index in [1.54, 1.807) is 11.3 Å². The number of aryl methyl sites for hydroxylation is 1. The van der Waals surface area contributed by atoms with Gasteiger partial charge in [-0.25, -0.2) is 0 Å². The van der Waals surface area contributed by atoms with Crippen molar-refractivity contribution in [1.29, 1.82) is 0 Å². The van der Waals surface area contributed by atoms with Crippen molar-refractivity contribution in [3.05, 3.63) is 10.6 Å². The third-order valence-electron chi connectivity index (χ3n) is 2.77. The molecule has 0 amide bonds. The van der Waals surface area contributed by atoms with Gasteiger partial charge in [-0.2, -0.15) is 0 Å². The summed E-state index contributed by atoms with van der Waals surface area (Å²) in [5, 5.41) is 4.09. The Morgan fingerprint density at radius 1 is 1.57 bits per heavy atom. The first-order chi connectivity index (χ1) is 6.75. The van der Waals surface area contributed by atoms with Crippen molar-refractivity contribution < 1.29 is 4.52 Å². The molecule has 14 heavy (non-hydrogen) atoms. The van der Waals surface area contributed by atoms with Crippen molar-refractivity contribution in [2.45, 2.75) is 26.2 Å². The number of nitrogens with two attached hydrogens (primary N) is 1. The summed E-state index contributed by atoms with van der Waals surface area (Å²) in [7, 11) is 0. The van der Waals surface area contributed by atoms with E-state index in [0.29, 0.717) is 0 Å². The second kappa shape index (κ2) is 2.73. The van der Waals surface area contributed by atoms with E-state index in [1.807, 2.05) is 6.92 Å². The van der Waals surface area contributed by atoms with Crippen LogP contribution >= 0.6 is 11.3 Å². The van der Waals surface area contributed by atoms with Gasteiger partial charge in [0, 0.05) is 4.88 Å². The van der Waals surface area contributed by atoms with Gasteiger partial charge in [-0.15, -0.1) is 11.3 Å². The molecule has 0 aromatic carbocycles. The Kier molecular flexibility index (Phi) is 1.62. The maximum Gasteiger partial charge on any atom is 0.201 e. The van der Waals surface area contributed by atoms with Crippen LogP contribution in [0.2, 0.25) is 0 Å². The predicted molar refractivity (Wildman–Crippen MR) is 57.5 cm³/mol. The molecule has 0 unspecified atom stereocenters. The molecule has 2 heterocycles. The van der Waals surface area contributed by atoms with Gasteiger partial charge in [0.15, 0.2) is 0 Å². The SMILES string of the molecule is Cc1sc2c(CC3CC3)noc2c1N. The van der Waals surface area contributed by atoms with Crippen LogP contribution in [0.1, 0.15) is 23.4 Å². The molecule has 1 saturated carbocycles. The lowest BCUT2D eigenvalue weighted by Crippen LogP contribution is -1.85. The molecule has 4 heteroatoms. The number of rotatable bonds is 2. The maximum atomic E-state index is 5.87. The zero-order valence-electron chi connectivity index (χ0n) is 8.04. The molecule has 0 spiro atoms. The molecule has 74 valence electrons. The average Bonchev–Trinajstić information content (AvgIpc) is 2.83. The van der Waals surface area contributed by atoms with E-state index in [2.05, 4.69) is 5.16 Å². The van der Waals surface area contributed by atoms with E-state index in [4.69, 9.17) is 10.3 Å². The summed E-state index contributed by atoms with van der Waals surface area (Å²) in [5.74, 6) is 0.840. The molecule has 0 aliphatic heterocycles. The number of nitrogen functional groups attached to an aromatic ring is 1. The summed E-state index contributed by atoms with van der Waals surface area (Å²) in [6, 6.07) is 0. The highest BCUT2D eigenvalue weighted by molar-refractivity contribution is 7.19. The molecule has 1 aliphatic rings. The minimum Gasteiger partial charge on any atom is -0.395 e. The van der Waals surface area contributed by atoms with Crippen LogP contribution < -0.4 is 5.73 Å². The lowest BCUT2D eigenvalue weighted by Gasteiger charge is -1.88. The van der Waals surface area contributed by atoms with Gasteiger partial charge in [0.1, 0.15) is 5.69 Å². The Balaban J connectivity index is 2.10. The average molecular weight is 208 g/mol. The van der Waals surface area contributed by atoms with Gasteiger partial charge in [-0.3, -0.25) is 0 Å². The molecular weight excluding hydrogens is 196 g/mol. The molecule has 0 saturated heterocycles. The van der Waals surface area contributed by atoms with Gasteiger partial charge < -0.3 is 10.3 Å². The summed E-state index contributed by atoms with van der Waals surface area (Å²) in [4.78, 5) is 1.14. The highest BCUT2D eigenvalue weighted by Gasteiger charge is 2.25. The van der Waals surface area contributed by atoms with Crippen LogP contribution in [0.15, 0.2) is 4.52 Å². The monoisotopic (exact) mass is 208 g/mol. The zero-order valence-corrected chi connectivity index (χ0v) is 8.86. The summed E-state index contributed by atoms with van der Waals surface area (Å²) >= 11 is 1.70. The molecule has 2 aromatic rings. The molecule has 2 aromatic heterocycles. The molecule has 3 rings (SSSR count). The third-order valence-corrected chi connectivity index (χ3v) is 3.92. The molecule has 3 nitrogen and oxygen atoms in total. The number of hydrogen-bond donors (Lipinski definition) is 1. The predicted octanol–water partition coefficient (Wildman–Crippen LogP) is 2.73. The van der Waals surface area contributed by atoms with Gasteiger partial charge in [0.2, 0.25) is 5.58 Å². The van der Waals surface area contributed by atoms with Crippen molar-refractivity contribution >= 4 is 27.3 Å². The lowest BCUT2D eigenvalue weighted by molar-refractivity contribution is 0.444. The van der Waals surface area contributed by atoms with Gasteiger partial charge >= 0.3 is 0 Å². The number of thiophene rings is 1. The first-order valence-corrected chi connectivity index (χ1v) is 5.70. The summed E-state index contributed by atoms with van der Waals surface area (Å²) in [5.41, 5.74) is 8.54. The number of fused-ring (bicyclic) bond motifs is 1. The Bertz CT molecular complexity index is 481. The van der Waals surface area contributed by atoms with Crippen molar-refractivity contribution in [2.24, 2.45) is 5.92 Å². The molecule has 2 N–H and O–H groups in total. The minimum absolute atomic E-state index is 0.763. The van der Waals surface area contributed by atoms with Crippen molar-refractivity contribution in [3.8, 4) is 0 Å². The van der Waals surface area contributed by atoms with Crippen molar-refractivity contribution in [3.63, 3.8) is 0 Å². The summed E-state index contributed by atoms with van der Waals surface area (Å²) in [6.07, 6.45) is 3.74. The lowest BCUT2D eigenvalue weighted by atomic mass is 10.2. The second-order valence-corrected chi connectivity index (χ2v) is 5.23. The molecule has 0 atom stereocenters. The van der Waals surface area contributed by atoms with Crippen LogP contribution in [-0.2, 0) is 6.42 Å². The standard InChI is InChI=1S/C10H12N2OS/c1-5-8(11)9-10(14-5)7(12-13-9)4-6-2-3-6/h6H,2-4,11H2,1H3. The normalized spacial score (nSPS) is 16.6. The first kappa shape index (κ1) is 8.29. The fourth-order valence-electron chi connectivity index (χ4n) is 1.68. The molecule has 1 fully saturated rings. The Morgan fingerprint density at radius 2 is 2.36 bits per heavy atom. The molecule has 0 radical (unpaired) electrons. The number of aromatic nitrogens is 1. The van der Waals surface area contributed by atoms with E-state index < -0.39 is 0 Å². The van der Waals surface area contributed by atoms with Crippen LogP contribution in [0.5, 0.6) is 0 Å². The van der Waals surface area contributed by atoms with E-state index in [9.17, 15) is 0 Å². The maximum absolute atomic E-state index is 5.87. The Labute approximate surface area is 85.9 Å². The van der Waals surface area contributed by atoms with Crippen LogP contribution in [-0.4, -0.2) is 5.16 Å². The quantitative estimate of drug-likeness (QED) is 0.825. The highest BCUT2D eigenvalue weighted by Crippen LogP contribution is 2.39. The summed E-state index contributed by atoms with van der Waals surface area (Å²) < 4.78 is 6.42. The van der Waals surface area contributed by atoms with Gasteiger partial charge in [-0.05, 0) is 32.1 Å². The number of anilines is 1. The molecular formula is C10H12N2OS. The Morgan fingerprint density at radius 3 is 3.07 bits per heavy atom. The zero-order chi connectivity index (χ0) is 9.71. The number of hydrogen-bond acceptors (Lipinski definition) is 4. The van der Waals surface area contributed by atoms with Crippen LogP contribution in [0.25, 0.3) is 10.3 Å². The summed E-state index contributed by atoms with van der Waals surface area (Å²) in [6.45, 7) is 2.02. The fourth-order valence-corrected chi connectivity index (χ4v) is 2.67. The second-order valence-electron chi connectivity index (χ2n) is 4.01. The smallest absolute Gasteiger partial charge is 0.201 e. The minimum atomic E-state index is 0.763. The van der Waals surface area contributed by atoms with Crippen molar-refractivity contribution in [1.82, 2.24) is 5.16 Å². The third kappa shape index (κ3) is 1.14. The first-order valence-electron chi connectivity index (χ1n) is 4.89. The van der Waals surface area contributed by atoms with Crippen LogP contribution in [0.4, 0.5) is 5.69 Å². The fraction of sp³-hybridized carbons (Fsp3) is 0.500. The largest absolute Gasteiger partial charge is 0.395 e.